The average Bonchev–Trinajstić information content (AvgIpc) is 2.46. The molecule has 0 unspecified atom stereocenters. The van der Waals surface area contributed by atoms with E-state index in [0.717, 1.165) is 11.1 Å². The SMILES string of the molecule is CC(C)(C(=O)OCc1ccccc1)c1ccncc1. The molecule has 0 aliphatic heterocycles. The molecule has 2 rings (SSSR count). The lowest BCUT2D eigenvalue weighted by Crippen LogP contribution is -2.31. The van der Waals surface area contributed by atoms with Crippen molar-refractivity contribution in [3.05, 3.63) is 66.0 Å². The van der Waals surface area contributed by atoms with E-state index in [1.807, 2.05) is 56.3 Å². The van der Waals surface area contributed by atoms with Crippen molar-refractivity contribution in [2.45, 2.75) is 25.9 Å². The molecule has 98 valence electrons. The van der Waals surface area contributed by atoms with Crippen molar-refractivity contribution in [1.29, 1.82) is 0 Å². The van der Waals surface area contributed by atoms with Gasteiger partial charge >= 0.3 is 5.97 Å². The molecule has 0 bridgehead atoms. The Hall–Kier alpha value is -2.16. The standard InChI is InChI=1S/C16H17NO2/c1-16(2,14-8-10-17-11-9-14)15(18)19-12-13-6-4-3-5-7-13/h3-11H,12H2,1-2H3. The molecule has 19 heavy (non-hydrogen) atoms. The Balaban J connectivity index is 2.03. The zero-order chi connectivity index (χ0) is 13.7. The van der Waals surface area contributed by atoms with E-state index in [0.29, 0.717) is 6.61 Å². The molecule has 1 heterocycles. The summed E-state index contributed by atoms with van der Waals surface area (Å²) in [4.78, 5) is 16.2. The smallest absolute Gasteiger partial charge is 0.316 e. The predicted molar refractivity (Wildman–Crippen MR) is 73.5 cm³/mol. The second-order valence-corrected chi connectivity index (χ2v) is 4.92. The van der Waals surface area contributed by atoms with Gasteiger partial charge in [-0.1, -0.05) is 30.3 Å². The molecule has 0 N–H and O–H groups in total. The molecule has 0 saturated heterocycles. The number of aromatic nitrogens is 1. The molecule has 0 aliphatic rings. The van der Waals surface area contributed by atoms with Crippen LogP contribution in [0.3, 0.4) is 0 Å². The van der Waals surface area contributed by atoms with E-state index in [4.69, 9.17) is 4.74 Å². The number of hydrogen-bond acceptors (Lipinski definition) is 3. The highest BCUT2D eigenvalue weighted by atomic mass is 16.5. The molecule has 1 aromatic heterocycles. The summed E-state index contributed by atoms with van der Waals surface area (Å²) in [6.07, 6.45) is 3.36. The third kappa shape index (κ3) is 3.19. The fourth-order valence-electron chi connectivity index (χ4n) is 1.79. The van der Waals surface area contributed by atoms with E-state index in [9.17, 15) is 4.79 Å². The second kappa shape index (κ2) is 5.65. The van der Waals surface area contributed by atoms with Crippen molar-refractivity contribution in [1.82, 2.24) is 4.98 Å². The highest BCUT2D eigenvalue weighted by Crippen LogP contribution is 2.24. The molecule has 3 heteroatoms. The summed E-state index contributed by atoms with van der Waals surface area (Å²) in [6, 6.07) is 13.3. The monoisotopic (exact) mass is 255 g/mol. The van der Waals surface area contributed by atoms with Crippen LogP contribution >= 0.6 is 0 Å². The summed E-state index contributed by atoms with van der Waals surface area (Å²) in [5, 5.41) is 0. The molecule has 0 fully saturated rings. The lowest BCUT2D eigenvalue weighted by Gasteiger charge is -2.22. The highest BCUT2D eigenvalue weighted by molar-refractivity contribution is 5.82. The molecular weight excluding hydrogens is 238 g/mol. The number of carbonyl (C=O) groups excluding carboxylic acids is 1. The molecule has 0 spiro atoms. The molecule has 2 aromatic rings. The number of ether oxygens (including phenoxy) is 1. The van der Waals surface area contributed by atoms with Gasteiger partial charge in [-0.25, -0.2) is 0 Å². The van der Waals surface area contributed by atoms with Crippen LogP contribution in [0.1, 0.15) is 25.0 Å². The minimum Gasteiger partial charge on any atom is -0.460 e. The van der Waals surface area contributed by atoms with Crippen molar-refractivity contribution in [3.8, 4) is 0 Å². The van der Waals surface area contributed by atoms with E-state index < -0.39 is 5.41 Å². The van der Waals surface area contributed by atoms with E-state index in [2.05, 4.69) is 4.98 Å². The van der Waals surface area contributed by atoms with Crippen molar-refractivity contribution < 1.29 is 9.53 Å². The van der Waals surface area contributed by atoms with Crippen LogP contribution in [0.15, 0.2) is 54.9 Å². The summed E-state index contributed by atoms with van der Waals surface area (Å²) < 4.78 is 5.39. The molecule has 3 nitrogen and oxygen atoms in total. The van der Waals surface area contributed by atoms with E-state index in [-0.39, 0.29) is 5.97 Å². The van der Waals surface area contributed by atoms with Crippen molar-refractivity contribution in [2.24, 2.45) is 0 Å². The maximum atomic E-state index is 12.2. The van der Waals surface area contributed by atoms with Crippen LogP contribution in [0.4, 0.5) is 0 Å². The number of esters is 1. The Kier molecular flexibility index (Phi) is 3.95. The number of hydrogen-bond donors (Lipinski definition) is 0. The van der Waals surface area contributed by atoms with Gasteiger partial charge in [-0.05, 0) is 37.1 Å². The van der Waals surface area contributed by atoms with Crippen LogP contribution < -0.4 is 0 Å². The van der Waals surface area contributed by atoms with Crippen molar-refractivity contribution in [2.75, 3.05) is 0 Å². The first-order chi connectivity index (χ1) is 9.10. The van der Waals surface area contributed by atoms with Gasteiger partial charge in [-0.3, -0.25) is 9.78 Å². The maximum absolute atomic E-state index is 12.2. The van der Waals surface area contributed by atoms with Crippen LogP contribution in [-0.4, -0.2) is 11.0 Å². The summed E-state index contributed by atoms with van der Waals surface area (Å²) in [5.74, 6) is -0.234. The first kappa shape index (κ1) is 13.3. The fourth-order valence-corrected chi connectivity index (χ4v) is 1.79. The van der Waals surface area contributed by atoms with Gasteiger partial charge in [0.05, 0.1) is 5.41 Å². The number of benzene rings is 1. The molecule has 0 aliphatic carbocycles. The molecular formula is C16H17NO2. The second-order valence-electron chi connectivity index (χ2n) is 4.92. The Morgan fingerprint density at radius 1 is 1.11 bits per heavy atom. The van der Waals surface area contributed by atoms with Gasteiger partial charge in [-0.2, -0.15) is 0 Å². The summed E-state index contributed by atoms with van der Waals surface area (Å²) in [6.45, 7) is 4.01. The number of nitrogens with zero attached hydrogens (tertiary/aromatic N) is 1. The highest BCUT2D eigenvalue weighted by Gasteiger charge is 2.31. The van der Waals surface area contributed by atoms with Gasteiger partial charge < -0.3 is 4.74 Å². The van der Waals surface area contributed by atoms with E-state index in [1.165, 1.54) is 0 Å². The Labute approximate surface area is 113 Å². The summed E-state index contributed by atoms with van der Waals surface area (Å²) in [7, 11) is 0. The molecule has 1 aromatic carbocycles. The molecule has 0 atom stereocenters. The van der Waals surface area contributed by atoms with Gasteiger partial charge in [0, 0.05) is 12.4 Å². The van der Waals surface area contributed by atoms with Crippen molar-refractivity contribution in [3.63, 3.8) is 0 Å². The van der Waals surface area contributed by atoms with Gasteiger partial charge in [-0.15, -0.1) is 0 Å². The summed E-state index contributed by atoms with van der Waals surface area (Å²) >= 11 is 0. The average molecular weight is 255 g/mol. The first-order valence-corrected chi connectivity index (χ1v) is 6.22. The topological polar surface area (TPSA) is 39.2 Å². The van der Waals surface area contributed by atoms with Crippen LogP contribution in [0.25, 0.3) is 0 Å². The van der Waals surface area contributed by atoms with Crippen LogP contribution in [0, 0.1) is 0 Å². The number of pyridine rings is 1. The lowest BCUT2D eigenvalue weighted by atomic mass is 9.85. The summed E-state index contributed by atoms with van der Waals surface area (Å²) in [5.41, 5.74) is 1.22. The third-order valence-corrected chi connectivity index (χ3v) is 3.13. The number of carbonyl (C=O) groups is 1. The largest absolute Gasteiger partial charge is 0.460 e. The van der Waals surface area contributed by atoms with Gasteiger partial charge in [0.1, 0.15) is 6.61 Å². The zero-order valence-corrected chi connectivity index (χ0v) is 11.2. The van der Waals surface area contributed by atoms with E-state index in [1.54, 1.807) is 12.4 Å². The zero-order valence-electron chi connectivity index (χ0n) is 11.2. The molecule has 0 saturated carbocycles. The normalized spacial score (nSPS) is 11.1. The Morgan fingerprint density at radius 2 is 1.74 bits per heavy atom. The fraction of sp³-hybridized carbons (Fsp3) is 0.250. The molecule has 0 amide bonds. The van der Waals surface area contributed by atoms with E-state index >= 15 is 0 Å². The van der Waals surface area contributed by atoms with Crippen molar-refractivity contribution >= 4 is 5.97 Å². The van der Waals surface area contributed by atoms with Crippen LogP contribution in [-0.2, 0) is 21.6 Å². The number of rotatable bonds is 4. The Bertz CT molecular complexity index is 535. The quantitative estimate of drug-likeness (QED) is 0.788. The predicted octanol–water partition coefficient (Wildman–Crippen LogP) is 3.10. The Morgan fingerprint density at radius 3 is 2.37 bits per heavy atom. The molecule has 0 radical (unpaired) electrons. The lowest BCUT2D eigenvalue weighted by molar-refractivity contribution is -0.150. The minimum absolute atomic E-state index is 0.234. The van der Waals surface area contributed by atoms with Gasteiger partial charge in [0.2, 0.25) is 0 Å². The maximum Gasteiger partial charge on any atom is 0.316 e. The minimum atomic E-state index is -0.669. The first-order valence-electron chi connectivity index (χ1n) is 6.22. The van der Waals surface area contributed by atoms with Gasteiger partial charge in [0.15, 0.2) is 0 Å². The van der Waals surface area contributed by atoms with Crippen LogP contribution in [0.2, 0.25) is 0 Å². The van der Waals surface area contributed by atoms with Crippen LogP contribution in [0.5, 0.6) is 0 Å². The van der Waals surface area contributed by atoms with Gasteiger partial charge in [0.25, 0.3) is 0 Å². The third-order valence-electron chi connectivity index (χ3n) is 3.13.